The number of nitrogen functional groups attached to an aromatic ring is 1. The molecule has 96 valence electrons. The molecule has 0 unspecified atom stereocenters. The normalized spacial score (nSPS) is 11.4. The van der Waals surface area contributed by atoms with Crippen molar-refractivity contribution in [1.82, 2.24) is 10.2 Å². The SMILES string of the molecule is Nc1cn[nH]c1NS(=O)(=O)c1cc(Br)ccc1Br. The van der Waals surface area contributed by atoms with Crippen molar-refractivity contribution in [1.29, 1.82) is 0 Å². The van der Waals surface area contributed by atoms with E-state index in [4.69, 9.17) is 5.73 Å². The maximum Gasteiger partial charge on any atom is 0.264 e. The van der Waals surface area contributed by atoms with Crippen molar-refractivity contribution in [3.8, 4) is 0 Å². The number of benzene rings is 1. The Kier molecular flexibility index (Phi) is 3.64. The molecule has 9 heteroatoms. The highest BCUT2D eigenvalue weighted by Crippen LogP contribution is 2.27. The van der Waals surface area contributed by atoms with Crippen LogP contribution in [0.25, 0.3) is 0 Å². The highest BCUT2D eigenvalue weighted by Gasteiger charge is 2.19. The number of nitrogens with two attached hydrogens (primary N) is 1. The predicted octanol–water partition coefficient (Wildman–Crippen LogP) is 2.32. The van der Waals surface area contributed by atoms with E-state index < -0.39 is 10.0 Å². The summed E-state index contributed by atoms with van der Waals surface area (Å²) in [6.07, 6.45) is 1.33. The third kappa shape index (κ3) is 2.68. The minimum Gasteiger partial charge on any atom is -0.394 e. The molecule has 1 aromatic heterocycles. The van der Waals surface area contributed by atoms with Gasteiger partial charge in [0.2, 0.25) is 0 Å². The number of hydrogen-bond acceptors (Lipinski definition) is 4. The minimum absolute atomic E-state index is 0.103. The summed E-state index contributed by atoms with van der Waals surface area (Å²) in [7, 11) is -3.74. The Labute approximate surface area is 120 Å². The van der Waals surface area contributed by atoms with Crippen LogP contribution in [0.3, 0.4) is 0 Å². The molecular weight excluding hydrogens is 388 g/mol. The van der Waals surface area contributed by atoms with Crippen molar-refractivity contribution in [2.75, 3.05) is 10.5 Å². The van der Waals surface area contributed by atoms with Crippen LogP contribution in [-0.4, -0.2) is 18.6 Å². The summed E-state index contributed by atoms with van der Waals surface area (Å²) >= 11 is 6.42. The summed E-state index contributed by atoms with van der Waals surface area (Å²) in [5, 5.41) is 6.11. The Bertz CT molecular complexity index is 684. The van der Waals surface area contributed by atoms with Gasteiger partial charge in [0, 0.05) is 8.95 Å². The van der Waals surface area contributed by atoms with E-state index in [2.05, 4.69) is 46.8 Å². The van der Waals surface area contributed by atoms with Gasteiger partial charge in [-0.1, -0.05) is 15.9 Å². The van der Waals surface area contributed by atoms with Crippen LogP contribution >= 0.6 is 31.9 Å². The van der Waals surface area contributed by atoms with Gasteiger partial charge in [0.1, 0.15) is 4.90 Å². The molecule has 0 spiro atoms. The molecular formula is C9H8Br2N4O2S. The third-order valence-electron chi connectivity index (χ3n) is 2.09. The number of anilines is 2. The molecule has 18 heavy (non-hydrogen) atoms. The van der Waals surface area contributed by atoms with Crippen molar-refractivity contribution in [3.63, 3.8) is 0 Å². The average Bonchev–Trinajstić information content (AvgIpc) is 2.67. The van der Waals surface area contributed by atoms with Crippen LogP contribution in [0.4, 0.5) is 11.5 Å². The number of nitrogens with one attached hydrogen (secondary N) is 2. The zero-order valence-corrected chi connectivity index (χ0v) is 12.8. The number of sulfonamides is 1. The number of hydrogen-bond donors (Lipinski definition) is 3. The van der Waals surface area contributed by atoms with E-state index in [0.717, 1.165) is 0 Å². The maximum atomic E-state index is 12.2. The molecule has 0 saturated heterocycles. The standard InChI is InChI=1S/C9H8Br2N4O2S/c10-5-1-2-6(11)8(3-5)18(16,17)15-9-7(12)4-13-14-9/h1-4H,12H2,(H2,13,14,15). The van der Waals surface area contributed by atoms with Gasteiger partial charge in [0.05, 0.1) is 11.9 Å². The molecule has 1 aromatic carbocycles. The van der Waals surface area contributed by atoms with E-state index in [1.165, 1.54) is 12.3 Å². The fraction of sp³-hybridized carbons (Fsp3) is 0. The predicted molar refractivity (Wildman–Crippen MR) is 75.7 cm³/mol. The summed E-state index contributed by atoms with van der Waals surface area (Å²) in [6, 6.07) is 4.85. The quantitative estimate of drug-likeness (QED) is 0.742. The van der Waals surface area contributed by atoms with Crippen LogP contribution in [0.2, 0.25) is 0 Å². The van der Waals surface area contributed by atoms with E-state index >= 15 is 0 Å². The second-order valence-electron chi connectivity index (χ2n) is 3.38. The summed E-state index contributed by atoms with van der Waals surface area (Å²) in [5.74, 6) is 0.141. The third-order valence-corrected chi connectivity index (χ3v) is 4.92. The van der Waals surface area contributed by atoms with E-state index in [-0.39, 0.29) is 16.4 Å². The van der Waals surface area contributed by atoms with Gasteiger partial charge in [-0.25, -0.2) is 8.42 Å². The van der Waals surface area contributed by atoms with E-state index in [1.807, 2.05) is 0 Å². The smallest absolute Gasteiger partial charge is 0.264 e. The Morgan fingerprint density at radius 2 is 2.06 bits per heavy atom. The van der Waals surface area contributed by atoms with Crippen LogP contribution in [0.15, 0.2) is 38.2 Å². The first-order valence-corrected chi connectivity index (χ1v) is 7.74. The van der Waals surface area contributed by atoms with Crippen molar-refractivity contribution in [3.05, 3.63) is 33.3 Å². The van der Waals surface area contributed by atoms with Crippen molar-refractivity contribution in [2.24, 2.45) is 0 Å². The minimum atomic E-state index is -3.74. The van der Waals surface area contributed by atoms with E-state index in [9.17, 15) is 8.42 Å². The van der Waals surface area contributed by atoms with Gasteiger partial charge in [-0.2, -0.15) is 5.10 Å². The molecule has 2 aromatic rings. The number of aromatic nitrogens is 2. The summed E-state index contributed by atoms with van der Waals surface area (Å²) in [6.45, 7) is 0. The van der Waals surface area contributed by atoms with Crippen LogP contribution < -0.4 is 10.5 Å². The number of nitrogens with zero attached hydrogens (tertiary/aromatic N) is 1. The number of H-pyrrole nitrogens is 1. The van der Waals surface area contributed by atoms with Gasteiger partial charge in [-0.15, -0.1) is 0 Å². The van der Waals surface area contributed by atoms with Gasteiger partial charge in [0.25, 0.3) is 10.0 Å². The van der Waals surface area contributed by atoms with Crippen molar-refractivity contribution in [2.45, 2.75) is 4.90 Å². The number of rotatable bonds is 3. The van der Waals surface area contributed by atoms with Crippen LogP contribution in [0.1, 0.15) is 0 Å². The van der Waals surface area contributed by atoms with Gasteiger partial charge in [-0.3, -0.25) is 9.82 Å². The van der Waals surface area contributed by atoms with Gasteiger partial charge in [-0.05, 0) is 34.1 Å². The Morgan fingerprint density at radius 3 is 2.67 bits per heavy atom. The lowest BCUT2D eigenvalue weighted by Gasteiger charge is -2.08. The monoisotopic (exact) mass is 394 g/mol. The molecule has 0 saturated carbocycles. The first kappa shape index (κ1) is 13.4. The van der Waals surface area contributed by atoms with E-state index in [0.29, 0.717) is 8.95 Å². The Balaban J connectivity index is 2.43. The van der Waals surface area contributed by atoms with Crippen molar-refractivity contribution >= 4 is 53.4 Å². The largest absolute Gasteiger partial charge is 0.394 e. The molecule has 4 N–H and O–H groups in total. The second kappa shape index (κ2) is 4.90. The lowest BCUT2D eigenvalue weighted by Crippen LogP contribution is -2.14. The van der Waals surface area contributed by atoms with Crippen LogP contribution in [-0.2, 0) is 10.0 Å². The maximum absolute atomic E-state index is 12.2. The average molecular weight is 396 g/mol. The second-order valence-corrected chi connectivity index (χ2v) is 6.80. The summed E-state index contributed by atoms with van der Waals surface area (Å²) < 4.78 is 27.8. The zero-order valence-electron chi connectivity index (χ0n) is 8.81. The fourth-order valence-corrected chi connectivity index (χ4v) is 3.80. The van der Waals surface area contributed by atoms with Gasteiger partial charge >= 0.3 is 0 Å². The van der Waals surface area contributed by atoms with Crippen LogP contribution in [0.5, 0.6) is 0 Å². The molecule has 6 nitrogen and oxygen atoms in total. The van der Waals surface area contributed by atoms with Gasteiger partial charge in [0.15, 0.2) is 5.82 Å². The molecule has 0 radical (unpaired) electrons. The molecule has 2 rings (SSSR count). The molecule has 0 fully saturated rings. The molecule has 0 aliphatic carbocycles. The molecule has 0 aliphatic heterocycles. The Morgan fingerprint density at radius 1 is 1.33 bits per heavy atom. The van der Waals surface area contributed by atoms with Crippen LogP contribution in [0, 0.1) is 0 Å². The van der Waals surface area contributed by atoms with Crippen molar-refractivity contribution < 1.29 is 8.42 Å². The highest BCUT2D eigenvalue weighted by atomic mass is 79.9. The molecule has 0 amide bonds. The lowest BCUT2D eigenvalue weighted by atomic mass is 10.4. The van der Waals surface area contributed by atoms with Gasteiger partial charge < -0.3 is 5.73 Å². The molecule has 1 heterocycles. The molecule has 0 atom stereocenters. The molecule has 0 bridgehead atoms. The highest BCUT2D eigenvalue weighted by molar-refractivity contribution is 9.11. The summed E-state index contributed by atoms with van der Waals surface area (Å²) in [4.78, 5) is 0.103. The number of halogens is 2. The van der Waals surface area contributed by atoms with E-state index in [1.54, 1.807) is 12.1 Å². The first-order valence-electron chi connectivity index (χ1n) is 4.67. The zero-order chi connectivity index (χ0) is 13.3. The number of aromatic amines is 1. The summed E-state index contributed by atoms with van der Waals surface area (Å²) in [5.41, 5.74) is 5.78. The first-order chi connectivity index (χ1) is 8.40. The molecule has 0 aliphatic rings. The topological polar surface area (TPSA) is 101 Å². The lowest BCUT2D eigenvalue weighted by molar-refractivity contribution is 0.600. The fourth-order valence-electron chi connectivity index (χ4n) is 1.25. The Hall–Kier alpha value is -1.06.